The van der Waals surface area contributed by atoms with Gasteiger partial charge in [0.1, 0.15) is 0 Å². The van der Waals surface area contributed by atoms with Gasteiger partial charge in [-0.3, -0.25) is 4.79 Å². The van der Waals surface area contributed by atoms with Crippen molar-refractivity contribution in [1.29, 1.82) is 0 Å². The highest BCUT2D eigenvalue weighted by atomic mass is 16.1. The second kappa shape index (κ2) is 6.69. The Kier molecular flexibility index (Phi) is 4.94. The van der Waals surface area contributed by atoms with Crippen LogP contribution >= 0.6 is 0 Å². The van der Waals surface area contributed by atoms with Gasteiger partial charge in [-0.2, -0.15) is 0 Å². The molecule has 0 aliphatic carbocycles. The third-order valence-corrected chi connectivity index (χ3v) is 3.76. The Balaban J connectivity index is 1.83. The smallest absolute Gasteiger partial charge is 0.162 e. The van der Waals surface area contributed by atoms with E-state index >= 15 is 0 Å². The fourth-order valence-corrected chi connectivity index (χ4v) is 2.59. The quantitative estimate of drug-likeness (QED) is 0.780. The molecule has 98 valence electrons. The van der Waals surface area contributed by atoms with Gasteiger partial charge in [-0.05, 0) is 43.8 Å². The number of ketones is 1. The van der Waals surface area contributed by atoms with Crippen LogP contribution < -0.4 is 5.32 Å². The Hall–Kier alpha value is -1.15. The number of carbonyl (C=O) groups is 1. The number of hydrogen-bond acceptors (Lipinski definition) is 2. The molecule has 0 bridgehead atoms. The monoisotopic (exact) mass is 245 g/mol. The number of rotatable bonds is 6. The number of nitrogens with one attached hydrogen (secondary N) is 1. The van der Waals surface area contributed by atoms with E-state index in [4.69, 9.17) is 0 Å². The molecular weight excluding hydrogens is 222 g/mol. The zero-order valence-corrected chi connectivity index (χ0v) is 11.2. The largest absolute Gasteiger partial charge is 0.316 e. The maximum absolute atomic E-state index is 12.1. The molecule has 1 atom stereocenters. The number of hydrogen-bond donors (Lipinski definition) is 1. The molecule has 1 aliphatic rings. The van der Waals surface area contributed by atoms with Crippen LogP contribution in [0.5, 0.6) is 0 Å². The summed E-state index contributed by atoms with van der Waals surface area (Å²) in [5.41, 5.74) is 2.20. The topological polar surface area (TPSA) is 29.1 Å². The van der Waals surface area contributed by atoms with Gasteiger partial charge in [0.25, 0.3) is 0 Å². The van der Waals surface area contributed by atoms with Crippen LogP contribution in [-0.4, -0.2) is 18.9 Å². The highest BCUT2D eigenvalue weighted by molar-refractivity contribution is 5.96. The molecule has 1 N–H and O–H groups in total. The average Bonchev–Trinajstić information content (AvgIpc) is 2.90. The molecule has 1 unspecified atom stereocenters. The lowest BCUT2D eigenvalue weighted by molar-refractivity contribution is 0.0974. The van der Waals surface area contributed by atoms with Crippen LogP contribution in [-0.2, 0) is 6.42 Å². The lowest BCUT2D eigenvalue weighted by Gasteiger charge is -2.07. The first kappa shape index (κ1) is 13.3. The molecule has 1 saturated heterocycles. The maximum atomic E-state index is 12.1. The van der Waals surface area contributed by atoms with Crippen LogP contribution in [0.2, 0.25) is 0 Å². The third kappa shape index (κ3) is 3.67. The van der Waals surface area contributed by atoms with Gasteiger partial charge in [-0.1, -0.05) is 37.6 Å². The van der Waals surface area contributed by atoms with Crippen molar-refractivity contribution in [2.45, 2.75) is 39.0 Å². The molecule has 2 nitrogen and oxygen atoms in total. The number of aryl methyl sites for hydroxylation is 1. The Morgan fingerprint density at radius 2 is 2.11 bits per heavy atom. The van der Waals surface area contributed by atoms with Gasteiger partial charge in [0, 0.05) is 12.0 Å². The fourth-order valence-electron chi connectivity index (χ4n) is 2.59. The minimum Gasteiger partial charge on any atom is -0.316 e. The second-order valence-corrected chi connectivity index (χ2v) is 5.27. The molecule has 0 aromatic heterocycles. The fraction of sp³-hybridized carbons (Fsp3) is 0.562. The van der Waals surface area contributed by atoms with E-state index < -0.39 is 0 Å². The van der Waals surface area contributed by atoms with Crippen molar-refractivity contribution in [3.8, 4) is 0 Å². The third-order valence-electron chi connectivity index (χ3n) is 3.76. The predicted molar refractivity (Wildman–Crippen MR) is 75.0 cm³/mol. The SMILES string of the molecule is CCCc1ccc(C(=O)CCC2CCNC2)cc1. The molecule has 2 heteroatoms. The molecule has 1 aromatic carbocycles. The van der Waals surface area contributed by atoms with E-state index in [2.05, 4.69) is 24.4 Å². The second-order valence-electron chi connectivity index (χ2n) is 5.27. The van der Waals surface area contributed by atoms with Gasteiger partial charge < -0.3 is 5.32 Å². The normalized spacial score (nSPS) is 19.1. The minimum atomic E-state index is 0.296. The van der Waals surface area contributed by atoms with Crippen molar-refractivity contribution in [3.05, 3.63) is 35.4 Å². The summed E-state index contributed by atoms with van der Waals surface area (Å²) in [6, 6.07) is 8.15. The van der Waals surface area contributed by atoms with E-state index in [-0.39, 0.29) is 0 Å². The molecule has 0 saturated carbocycles. The first-order valence-electron chi connectivity index (χ1n) is 7.12. The predicted octanol–water partition coefficient (Wildman–Crippen LogP) is 3.21. The highest BCUT2D eigenvalue weighted by Crippen LogP contribution is 2.17. The summed E-state index contributed by atoms with van der Waals surface area (Å²) in [6.07, 6.45) is 5.20. The average molecular weight is 245 g/mol. The Morgan fingerprint density at radius 3 is 2.72 bits per heavy atom. The van der Waals surface area contributed by atoms with Gasteiger partial charge in [0.15, 0.2) is 5.78 Å². The van der Waals surface area contributed by atoms with Gasteiger partial charge in [-0.15, -0.1) is 0 Å². The summed E-state index contributed by atoms with van der Waals surface area (Å²) < 4.78 is 0. The molecule has 1 aromatic rings. The summed E-state index contributed by atoms with van der Waals surface area (Å²) in [6.45, 7) is 4.38. The van der Waals surface area contributed by atoms with Gasteiger partial charge in [0.2, 0.25) is 0 Å². The molecule has 1 fully saturated rings. The Bertz CT molecular complexity index is 377. The first-order chi connectivity index (χ1) is 8.79. The van der Waals surface area contributed by atoms with Crippen molar-refractivity contribution < 1.29 is 4.79 Å². The van der Waals surface area contributed by atoms with Crippen LogP contribution in [0.15, 0.2) is 24.3 Å². The Labute approximate surface area is 110 Å². The summed E-state index contributed by atoms with van der Waals surface area (Å²) in [5.74, 6) is 0.998. The van der Waals surface area contributed by atoms with E-state index in [1.54, 1.807) is 0 Å². The van der Waals surface area contributed by atoms with E-state index in [1.165, 1.54) is 12.0 Å². The molecule has 2 rings (SSSR count). The van der Waals surface area contributed by atoms with Crippen LogP contribution in [0.25, 0.3) is 0 Å². The van der Waals surface area contributed by atoms with Crippen molar-refractivity contribution >= 4 is 5.78 Å². The summed E-state index contributed by atoms with van der Waals surface area (Å²) in [5, 5.41) is 3.35. The Morgan fingerprint density at radius 1 is 1.33 bits per heavy atom. The zero-order valence-electron chi connectivity index (χ0n) is 11.2. The number of Topliss-reactive ketones (excluding diaryl/α,β-unsaturated/α-hetero) is 1. The van der Waals surface area contributed by atoms with E-state index in [1.807, 2.05) is 12.1 Å². The molecule has 0 amide bonds. The van der Waals surface area contributed by atoms with Gasteiger partial charge in [0.05, 0.1) is 0 Å². The lowest BCUT2D eigenvalue weighted by atomic mass is 9.97. The highest BCUT2D eigenvalue weighted by Gasteiger charge is 2.16. The van der Waals surface area contributed by atoms with E-state index in [0.29, 0.717) is 18.1 Å². The molecule has 0 radical (unpaired) electrons. The van der Waals surface area contributed by atoms with E-state index in [9.17, 15) is 4.79 Å². The molecule has 0 spiro atoms. The zero-order chi connectivity index (χ0) is 12.8. The van der Waals surface area contributed by atoms with Crippen molar-refractivity contribution in [2.75, 3.05) is 13.1 Å². The molecule has 18 heavy (non-hydrogen) atoms. The van der Waals surface area contributed by atoms with Crippen LogP contribution in [0.3, 0.4) is 0 Å². The van der Waals surface area contributed by atoms with Crippen LogP contribution in [0, 0.1) is 5.92 Å². The van der Waals surface area contributed by atoms with E-state index in [0.717, 1.165) is 37.9 Å². The molecular formula is C16H23NO. The molecule has 1 heterocycles. The summed E-state index contributed by atoms with van der Waals surface area (Å²) in [7, 11) is 0. The number of benzene rings is 1. The van der Waals surface area contributed by atoms with Crippen molar-refractivity contribution in [2.24, 2.45) is 5.92 Å². The maximum Gasteiger partial charge on any atom is 0.162 e. The molecule has 1 aliphatic heterocycles. The minimum absolute atomic E-state index is 0.296. The van der Waals surface area contributed by atoms with Crippen molar-refractivity contribution in [1.82, 2.24) is 5.32 Å². The van der Waals surface area contributed by atoms with Crippen LogP contribution in [0.4, 0.5) is 0 Å². The lowest BCUT2D eigenvalue weighted by Crippen LogP contribution is -2.10. The van der Waals surface area contributed by atoms with Crippen molar-refractivity contribution in [3.63, 3.8) is 0 Å². The summed E-state index contributed by atoms with van der Waals surface area (Å²) in [4.78, 5) is 12.1. The summed E-state index contributed by atoms with van der Waals surface area (Å²) >= 11 is 0. The standard InChI is InChI=1S/C16H23NO/c1-2-3-13-4-7-15(8-5-13)16(18)9-6-14-10-11-17-12-14/h4-5,7-8,14,17H,2-3,6,9-12H2,1H3. The van der Waals surface area contributed by atoms with Crippen LogP contribution in [0.1, 0.15) is 48.5 Å². The number of carbonyl (C=O) groups excluding carboxylic acids is 1. The van der Waals surface area contributed by atoms with Gasteiger partial charge >= 0.3 is 0 Å². The first-order valence-corrected chi connectivity index (χ1v) is 7.12. The van der Waals surface area contributed by atoms with Gasteiger partial charge in [-0.25, -0.2) is 0 Å².